The maximum atomic E-state index is 13.9. The number of aromatic nitrogens is 3. The molecule has 3 heterocycles. The Morgan fingerprint density at radius 2 is 1.67 bits per heavy atom. The van der Waals surface area contributed by atoms with Crippen LogP contribution in [0.1, 0.15) is 83.3 Å². The van der Waals surface area contributed by atoms with Crippen molar-refractivity contribution in [2.75, 3.05) is 26.7 Å². The molecular formula is C33H42ClN5O4. The summed E-state index contributed by atoms with van der Waals surface area (Å²) in [7, 11) is 1.42. The van der Waals surface area contributed by atoms with Crippen LogP contribution in [0.15, 0.2) is 36.5 Å². The van der Waals surface area contributed by atoms with Crippen LogP contribution in [0.4, 0.5) is 0 Å². The molecule has 2 fully saturated rings. The summed E-state index contributed by atoms with van der Waals surface area (Å²) in [5.41, 5.74) is 2.30. The molecule has 1 saturated carbocycles. The Labute approximate surface area is 258 Å². The molecule has 2 aliphatic rings. The fourth-order valence-electron chi connectivity index (χ4n) is 6.46. The van der Waals surface area contributed by atoms with Gasteiger partial charge in [0.05, 0.1) is 30.0 Å². The lowest BCUT2D eigenvalue weighted by atomic mass is 9.71. The van der Waals surface area contributed by atoms with Crippen molar-refractivity contribution in [1.82, 2.24) is 24.4 Å². The van der Waals surface area contributed by atoms with Gasteiger partial charge in [0.15, 0.2) is 5.65 Å². The van der Waals surface area contributed by atoms with E-state index in [0.29, 0.717) is 61.7 Å². The molecule has 0 unspecified atom stereocenters. The van der Waals surface area contributed by atoms with E-state index in [1.807, 2.05) is 60.9 Å². The molecule has 2 aromatic heterocycles. The largest absolute Gasteiger partial charge is 0.469 e. The highest BCUT2D eigenvalue weighted by molar-refractivity contribution is 6.30. The van der Waals surface area contributed by atoms with Crippen LogP contribution in [0.2, 0.25) is 5.02 Å². The second-order valence-corrected chi connectivity index (χ2v) is 14.4. The van der Waals surface area contributed by atoms with Gasteiger partial charge in [0.25, 0.3) is 5.91 Å². The summed E-state index contributed by atoms with van der Waals surface area (Å²) >= 11 is 6.11. The SMILES string of the molecule is COC(=O)C1(C)CCC(C(=O)N2CCN(C(=O)c3cn4nc(-c5ccc(Cl)cc5)cc(C(C)(C)C)c4n3)C(C)(C)C2)CC1. The van der Waals surface area contributed by atoms with E-state index in [2.05, 4.69) is 20.8 Å². The zero-order valence-corrected chi connectivity index (χ0v) is 27.0. The van der Waals surface area contributed by atoms with E-state index >= 15 is 0 Å². The average Bonchev–Trinajstić information content (AvgIpc) is 3.39. The lowest BCUT2D eigenvalue weighted by Crippen LogP contribution is -2.62. The minimum Gasteiger partial charge on any atom is -0.469 e. The lowest BCUT2D eigenvalue weighted by molar-refractivity contribution is -0.156. The molecule has 2 amide bonds. The van der Waals surface area contributed by atoms with Crippen molar-refractivity contribution in [1.29, 1.82) is 0 Å². The first-order valence-corrected chi connectivity index (χ1v) is 15.4. The molecule has 10 heteroatoms. The topological polar surface area (TPSA) is 97.1 Å². The van der Waals surface area contributed by atoms with Gasteiger partial charge in [-0.25, -0.2) is 9.50 Å². The Morgan fingerprint density at radius 3 is 2.26 bits per heavy atom. The maximum absolute atomic E-state index is 13.9. The summed E-state index contributed by atoms with van der Waals surface area (Å²) in [5, 5.41) is 5.46. The lowest BCUT2D eigenvalue weighted by Gasteiger charge is -2.48. The third kappa shape index (κ3) is 6.01. The van der Waals surface area contributed by atoms with Gasteiger partial charge in [0.1, 0.15) is 5.69 Å². The molecule has 1 aliphatic carbocycles. The molecular weight excluding hydrogens is 566 g/mol. The molecule has 0 spiro atoms. The quantitative estimate of drug-likeness (QED) is 0.349. The highest BCUT2D eigenvalue weighted by atomic mass is 35.5. The van der Waals surface area contributed by atoms with E-state index in [4.69, 9.17) is 26.4 Å². The Kier molecular flexibility index (Phi) is 8.09. The number of rotatable bonds is 4. The van der Waals surface area contributed by atoms with Gasteiger partial charge < -0.3 is 14.5 Å². The number of carbonyl (C=O) groups is 3. The summed E-state index contributed by atoms with van der Waals surface area (Å²) in [6.45, 7) is 13.6. The summed E-state index contributed by atoms with van der Waals surface area (Å²) in [5.74, 6) is -0.397. The number of fused-ring (bicyclic) bond motifs is 1. The van der Waals surface area contributed by atoms with E-state index in [0.717, 1.165) is 16.8 Å². The maximum Gasteiger partial charge on any atom is 0.311 e. The van der Waals surface area contributed by atoms with Crippen molar-refractivity contribution in [3.8, 4) is 11.3 Å². The fourth-order valence-corrected chi connectivity index (χ4v) is 6.59. The summed E-state index contributed by atoms with van der Waals surface area (Å²) in [4.78, 5) is 48.2. The number of carbonyl (C=O) groups excluding carboxylic acids is 3. The zero-order chi connectivity index (χ0) is 31.3. The smallest absolute Gasteiger partial charge is 0.311 e. The molecule has 230 valence electrons. The highest BCUT2D eigenvalue weighted by Gasteiger charge is 2.44. The van der Waals surface area contributed by atoms with Crippen LogP contribution in [0.5, 0.6) is 0 Å². The van der Waals surface area contributed by atoms with Crippen molar-refractivity contribution < 1.29 is 19.1 Å². The van der Waals surface area contributed by atoms with Crippen LogP contribution in [0, 0.1) is 11.3 Å². The van der Waals surface area contributed by atoms with E-state index in [1.165, 1.54) is 7.11 Å². The number of benzene rings is 1. The summed E-state index contributed by atoms with van der Waals surface area (Å²) in [6.07, 6.45) is 4.30. The second-order valence-electron chi connectivity index (χ2n) is 13.9. The highest BCUT2D eigenvalue weighted by Crippen LogP contribution is 2.40. The molecule has 1 aromatic carbocycles. The van der Waals surface area contributed by atoms with Crippen LogP contribution >= 0.6 is 11.6 Å². The van der Waals surface area contributed by atoms with Crippen molar-refractivity contribution in [2.45, 2.75) is 78.2 Å². The minimum atomic E-state index is -0.593. The van der Waals surface area contributed by atoms with Crippen molar-refractivity contribution in [3.63, 3.8) is 0 Å². The Balaban J connectivity index is 1.35. The number of hydrogen-bond acceptors (Lipinski definition) is 6. The molecule has 0 N–H and O–H groups in total. The Morgan fingerprint density at radius 1 is 1.02 bits per heavy atom. The van der Waals surface area contributed by atoms with Crippen LogP contribution in [0.25, 0.3) is 16.9 Å². The van der Waals surface area contributed by atoms with Crippen molar-refractivity contribution >= 4 is 35.0 Å². The van der Waals surface area contributed by atoms with Crippen LogP contribution in [0.3, 0.4) is 0 Å². The van der Waals surface area contributed by atoms with Gasteiger partial charge in [0.2, 0.25) is 5.91 Å². The molecule has 5 rings (SSSR count). The molecule has 9 nitrogen and oxygen atoms in total. The third-order valence-corrected chi connectivity index (χ3v) is 9.42. The number of halogens is 1. The van der Waals surface area contributed by atoms with E-state index in [9.17, 15) is 14.4 Å². The van der Waals surface area contributed by atoms with Gasteiger partial charge >= 0.3 is 5.97 Å². The predicted molar refractivity (Wildman–Crippen MR) is 166 cm³/mol. The average molecular weight is 608 g/mol. The molecule has 0 radical (unpaired) electrons. The normalized spacial score (nSPS) is 22.5. The zero-order valence-electron chi connectivity index (χ0n) is 26.2. The number of hydrogen-bond donors (Lipinski definition) is 0. The molecule has 43 heavy (non-hydrogen) atoms. The monoisotopic (exact) mass is 607 g/mol. The van der Waals surface area contributed by atoms with E-state index in [1.54, 1.807) is 10.7 Å². The van der Waals surface area contributed by atoms with Gasteiger partial charge in [-0.1, -0.05) is 44.5 Å². The van der Waals surface area contributed by atoms with Crippen molar-refractivity contribution in [3.05, 3.63) is 52.8 Å². The van der Waals surface area contributed by atoms with Gasteiger partial charge in [-0.15, -0.1) is 0 Å². The minimum absolute atomic E-state index is 0.105. The number of imidazole rings is 1. The van der Waals surface area contributed by atoms with Crippen molar-refractivity contribution in [2.24, 2.45) is 11.3 Å². The number of esters is 1. The summed E-state index contributed by atoms with van der Waals surface area (Å²) < 4.78 is 6.69. The number of amides is 2. The van der Waals surface area contributed by atoms with Gasteiger partial charge in [-0.2, -0.15) is 5.10 Å². The number of piperazine rings is 1. The Hall–Kier alpha value is -3.46. The van der Waals surface area contributed by atoms with E-state index in [-0.39, 0.29) is 29.1 Å². The molecule has 0 bridgehead atoms. The van der Waals surface area contributed by atoms with Crippen LogP contribution < -0.4 is 0 Å². The first kappa shape index (κ1) is 31.0. The van der Waals surface area contributed by atoms with Crippen LogP contribution in [-0.4, -0.2) is 74.5 Å². The first-order valence-electron chi connectivity index (χ1n) is 15.0. The Bertz CT molecular complexity index is 1550. The standard InChI is InChI=1S/C33H42ClN5O4/c1-31(2,3)24-18-25(21-8-10-23(34)11-9-21)36-39-19-26(35-27(24)39)29(41)38-17-16-37(20-32(38,4)5)28(40)22-12-14-33(6,15-13-22)30(42)43-7/h8-11,18-19,22H,12-17,20H2,1-7H3. The summed E-state index contributed by atoms with van der Waals surface area (Å²) in [6, 6.07) is 9.57. The van der Waals surface area contributed by atoms with Crippen LogP contribution in [-0.2, 0) is 19.7 Å². The number of methoxy groups -OCH3 is 1. The molecule has 1 saturated heterocycles. The third-order valence-electron chi connectivity index (χ3n) is 9.17. The number of ether oxygens (including phenoxy) is 1. The second kappa shape index (κ2) is 11.2. The predicted octanol–water partition coefficient (Wildman–Crippen LogP) is 5.78. The molecule has 0 atom stereocenters. The van der Waals surface area contributed by atoms with Gasteiger partial charge in [-0.05, 0) is 70.1 Å². The molecule has 3 aromatic rings. The molecule has 1 aliphatic heterocycles. The fraction of sp³-hybridized carbons (Fsp3) is 0.545. The van der Waals surface area contributed by atoms with Gasteiger partial charge in [-0.3, -0.25) is 14.4 Å². The first-order chi connectivity index (χ1) is 20.1. The van der Waals surface area contributed by atoms with Gasteiger partial charge in [0, 0.05) is 41.7 Å². The number of nitrogens with zero attached hydrogens (tertiary/aromatic N) is 5. The van der Waals surface area contributed by atoms with E-state index < -0.39 is 11.0 Å².